The fraction of sp³-hybridized carbons (Fsp3) is 0.241. The highest BCUT2D eigenvalue weighted by molar-refractivity contribution is 5.94. The fourth-order valence-electron chi connectivity index (χ4n) is 4.40. The number of hydrogen-bond acceptors (Lipinski definition) is 7. The highest BCUT2D eigenvalue weighted by Crippen LogP contribution is 2.30. The molecule has 3 aromatic heterocycles. The molecule has 0 atom stereocenters. The molecule has 0 spiro atoms. The summed E-state index contributed by atoms with van der Waals surface area (Å²) in [5.74, 6) is 2.76. The molecule has 0 unspecified atom stereocenters. The molecule has 6 rings (SSSR count). The van der Waals surface area contributed by atoms with Crippen LogP contribution in [-0.2, 0) is 25.0 Å². The Bertz CT molecular complexity index is 1550. The minimum atomic E-state index is 0.0216. The van der Waals surface area contributed by atoms with Crippen molar-refractivity contribution >= 4 is 17.1 Å². The summed E-state index contributed by atoms with van der Waals surface area (Å²) >= 11 is 0. The minimum Gasteiger partial charge on any atom is -0.489 e. The number of H-pyrrole nitrogens is 1. The number of carbonyl (C=O) groups is 1. The normalized spacial score (nSPS) is 13.5. The van der Waals surface area contributed by atoms with Crippen molar-refractivity contribution < 1.29 is 19.0 Å². The maximum Gasteiger partial charge on any atom is 0.254 e. The van der Waals surface area contributed by atoms with Crippen LogP contribution in [0.1, 0.15) is 21.7 Å². The SMILES string of the molecule is Cn1ccnc1COc1cc(OCc2ccc(C(=O)N3CCOCC3)cc2)cc(-c2nc3cccnc3[nH]2)c1. The Morgan fingerprint density at radius 2 is 1.74 bits per heavy atom. The first-order chi connectivity index (χ1) is 19.1. The molecule has 1 aliphatic heterocycles. The van der Waals surface area contributed by atoms with Crippen LogP contribution in [0.15, 0.2) is 73.2 Å². The summed E-state index contributed by atoms with van der Waals surface area (Å²) < 4.78 is 19.5. The Balaban J connectivity index is 1.20. The smallest absolute Gasteiger partial charge is 0.254 e. The van der Waals surface area contributed by atoms with Crippen LogP contribution in [0.2, 0.25) is 0 Å². The van der Waals surface area contributed by atoms with Gasteiger partial charge in [0.05, 0.1) is 13.2 Å². The molecule has 39 heavy (non-hydrogen) atoms. The summed E-state index contributed by atoms with van der Waals surface area (Å²) in [4.78, 5) is 31.2. The van der Waals surface area contributed by atoms with Gasteiger partial charge < -0.3 is 28.7 Å². The van der Waals surface area contributed by atoms with Crippen molar-refractivity contribution in [2.75, 3.05) is 26.3 Å². The third-order valence-electron chi connectivity index (χ3n) is 6.60. The first kappa shape index (κ1) is 24.6. The van der Waals surface area contributed by atoms with Crippen LogP contribution in [0.3, 0.4) is 0 Å². The van der Waals surface area contributed by atoms with Crippen LogP contribution in [0, 0.1) is 0 Å². The number of aromatic amines is 1. The van der Waals surface area contributed by atoms with Gasteiger partial charge in [-0.3, -0.25) is 4.79 Å². The number of benzene rings is 2. The number of morpholine rings is 1. The van der Waals surface area contributed by atoms with Gasteiger partial charge in [-0.05, 0) is 42.0 Å². The summed E-state index contributed by atoms with van der Waals surface area (Å²) in [7, 11) is 1.93. The lowest BCUT2D eigenvalue weighted by Gasteiger charge is -2.26. The molecular formula is C29H28N6O4. The van der Waals surface area contributed by atoms with E-state index in [4.69, 9.17) is 14.2 Å². The summed E-state index contributed by atoms with van der Waals surface area (Å²) in [6, 6.07) is 17.0. The summed E-state index contributed by atoms with van der Waals surface area (Å²) in [5, 5.41) is 0. The largest absolute Gasteiger partial charge is 0.489 e. The van der Waals surface area contributed by atoms with Crippen molar-refractivity contribution in [3.8, 4) is 22.9 Å². The number of hydrogen-bond donors (Lipinski definition) is 1. The molecule has 198 valence electrons. The molecule has 0 bridgehead atoms. The zero-order valence-electron chi connectivity index (χ0n) is 21.5. The molecule has 1 fully saturated rings. The van der Waals surface area contributed by atoms with E-state index in [0.29, 0.717) is 68.1 Å². The Kier molecular flexibility index (Phi) is 6.92. The van der Waals surface area contributed by atoms with Gasteiger partial charge in [-0.2, -0.15) is 0 Å². The van der Waals surface area contributed by atoms with Gasteiger partial charge in [-0.25, -0.2) is 15.0 Å². The second-order valence-electron chi connectivity index (χ2n) is 9.28. The summed E-state index contributed by atoms with van der Waals surface area (Å²) in [5.41, 5.74) is 3.90. The second kappa shape index (κ2) is 11.0. The molecule has 1 saturated heterocycles. The number of aryl methyl sites for hydroxylation is 1. The minimum absolute atomic E-state index is 0.0216. The quantitative estimate of drug-likeness (QED) is 0.327. The first-order valence-corrected chi connectivity index (χ1v) is 12.8. The average molecular weight is 525 g/mol. The highest BCUT2D eigenvalue weighted by atomic mass is 16.5. The third-order valence-corrected chi connectivity index (χ3v) is 6.60. The standard InChI is InChI=1S/C29H28N6O4/c1-34-10-9-30-26(34)19-39-24-16-22(27-32-25-3-2-8-31-28(25)33-27)15-23(17-24)38-18-20-4-6-21(7-5-20)29(36)35-11-13-37-14-12-35/h2-10,15-17H,11-14,18-19H2,1H3,(H,31,32,33). The van der Waals surface area contributed by atoms with E-state index in [2.05, 4.69) is 19.9 Å². The number of fused-ring (bicyclic) bond motifs is 1. The number of pyridine rings is 1. The van der Waals surface area contributed by atoms with E-state index < -0.39 is 0 Å². The molecule has 1 aliphatic rings. The van der Waals surface area contributed by atoms with Gasteiger partial charge in [0.15, 0.2) is 5.65 Å². The lowest BCUT2D eigenvalue weighted by Crippen LogP contribution is -2.40. The molecular weight excluding hydrogens is 496 g/mol. The van der Waals surface area contributed by atoms with Crippen molar-refractivity contribution in [3.05, 3.63) is 90.1 Å². The van der Waals surface area contributed by atoms with Crippen molar-refractivity contribution in [1.82, 2.24) is 29.4 Å². The van der Waals surface area contributed by atoms with Crippen LogP contribution in [0.5, 0.6) is 11.5 Å². The van der Waals surface area contributed by atoms with Gasteiger partial charge in [0.25, 0.3) is 5.91 Å². The van der Waals surface area contributed by atoms with Crippen LogP contribution in [-0.4, -0.2) is 61.6 Å². The lowest BCUT2D eigenvalue weighted by atomic mass is 10.1. The van der Waals surface area contributed by atoms with Crippen LogP contribution in [0.4, 0.5) is 0 Å². The van der Waals surface area contributed by atoms with Crippen molar-refractivity contribution in [3.63, 3.8) is 0 Å². The predicted octanol–water partition coefficient (Wildman–Crippen LogP) is 3.99. The molecule has 1 amide bonds. The van der Waals surface area contributed by atoms with Gasteiger partial charge in [-0.15, -0.1) is 0 Å². The number of amides is 1. The molecule has 10 nitrogen and oxygen atoms in total. The average Bonchev–Trinajstić information content (AvgIpc) is 3.61. The molecule has 0 radical (unpaired) electrons. The number of ether oxygens (including phenoxy) is 3. The van der Waals surface area contributed by atoms with Gasteiger partial charge in [-0.1, -0.05) is 12.1 Å². The van der Waals surface area contributed by atoms with E-state index in [0.717, 1.165) is 22.5 Å². The van der Waals surface area contributed by atoms with Crippen molar-refractivity contribution in [2.24, 2.45) is 7.05 Å². The molecule has 2 aromatic carbocycles. The molecule has 10 heteroatoms. The fourth-order valence-corrected chi connectivity index (χ4v) is 4.40. The van der Waals surface area contributed by atoms with Crippen molar-refractivity contribution in [2.45, 2.75) is 13.2 Å². The van der Waals surface area contributed by atoms with Crippen molar-refractivity contribution in [1.29, 1.82) is 0 Å². The molecule has 0 saturated carbocycles. The van der Waals surface area contributed by atoms with Crippen LogP contribution < -0.4 is 9.47 Å². The topological polar surface area (TPSA) is 107 Å². The zero-order chi connectivity index (χ0) is 26.6. The Morgan fingerprint density at radius 3 is 2.46 bits per heavy atom. The van der Waals surface area contributed by atoms with E-state index in [1.54, 1.807) is 12.4 Å². The summed E-state index contributed by atoms with van der Waals surface area (Å²) in [6.07, 6.45) is 5.35. The highest BCUT2D eigenvalue weighted by Gasteiger charge is 2.18. The third kappa shape index (κ3) is 5.60. The molecule has 1 N–H and O–H groups in total. The first-order valence-electron chi connectivity index (χ1n) is 12.8. The molecule has 5 aromatic rings. The molecule has 4 heterocycles. The lowest BCUT2D eigenvalue weighted by molar-refractivity contribution is 0.0303. The monoisotopic (exact) mass is 524 g/mol. The number of imidazole rings is 2. The van der Waals surface area contributed by atoms with Gasteiger partial charge in [0.1, 0.15) is 41.9 Å². The maximum atomic E-state index is 12.7. The van der Waals surface area contributed by atoms with Crippen LogP contribution >= 0.6 is 0 Å². The van der Waals surface area contributed by atoms with E-state index in [1.165, 1.54) is 0 Å². The van der Waals surface area contributed by atoms with E-state index >= 15 is 0 Å². The van der Waals surface area contributed by atoms with Crippen LogP contribution in [0.25, 0.3) is 22.6 Å². The van der Waals surface area contributed by atoms with E-state index in [9.17, 15) is 4.79 Å². The number of nitrogens with one attached hydrogen (secondary N) is 1. The Morgan fingerprint density at radius 1 is 0.974 bits per heavy atom. The van der Waals surface area contributed by atoms with Gasteiger partial charge >= 0.3 is 0 Å². The molecule has 0 aliphatic carbocycles. The van der Waals surface area contributed by atoms with Gasteiger partial charge in [0, 0.05) is 55.9 Å². The predicted molar refractivity (Wildman–Crippen MR) is 144 cm³/mol. The number of rotatable bonds is 8. The number of aromatic nitrogens is 5. The Hall–Kier alpha value is -4.70. The van der Waals surface area contributed by atoms with E-state index in [-0.39, 0.29) is 5.91 Å². The zero-order valence-corrected chi connectivity index (χ0v) is 21.5. The van der Waals surface area contributed by atoms with Gasteiger partial charge in [0.2, 0.25) is 0 Å². The van der Waals surface area contributed by atoms with E-state index in [1.807, 2.05) is 77.3 Å². The number of carbonyl (C=O) groups excluding carboxylic acids is 1. The second-order valence-corrected chi connectivity index (χ2v) is 9.28. The summed E-state index contributed by atoms with van der Waals surface area (Å²) in [6.45, 7) is 3.03. The maximum absolute atomic E-state index is 12.7. The Labute approximate surface area is 225 Å². The number of nitrogens with zero attached hydrogens (tertiary/aromatic N) is 5.